The van der Waals surface area contributed by atoms with Crippen molar-refractivity contribution in [1.29, 1.82) is 0 Å². The average molecular weight is 250 g/mol. The van der Waals surface area contributed by atoms with E-state index in [9.17, 15) is 4.39 Å². The predicted molar refractivity (Wildman–Crippen MR) is 73.1 cm³/mol. The Bertz CT molecular complexity index is 390. The van der Waals surface area contributed by atoms with Crippen molar-refractivity contribution >= 4 is 0 Å². The minimum atomic E-state index is -0.163. The van der Waals surface area contributed by atoms with Gasteiger partial charge in [0.2, 0.25) is 0 Å². The summed E-state index contributed by atoms with van der Waals surface area (Å²) in [4.78, 5) is 2.44. The maximum Gasteiger partial charge on any atom is 0.123 e. The van der Waals surface area contributed by atoms with Crippen LogP contribution >= 0.6 is 0 Å². The van der Waals surface area contributed by atoms with Gasteiger partial charge < -0.3 is 5.32 Å². The number of nitrogens with one attached hydrogen (secondary N) is 1. The first-order chi connectivity index (χ1) is 8.58. The Hall–Kier alpha value is -0.930. The minimum absolute atomic E-state index is 0.163. The van der Waals surface area contributed by atoms with Gasteiger partial charge in [0.15, 0.2) is 0 Å². The fourth-order valence-electron chi connectivity index (χ4n) is 2.23. The summed E-state index contributed by atoms with van der Waals surface area (Å²) >= 11 is 0. The first-order valence-corrected chi connectivity index (χ1v) is 6.78. The lowest BCUT2D eigenvalue weighted by molar-refractivity contribution is 0.237. The molecule has 1 saturated carbocycles. The van der Waals surface area contributed by atoms with Crippen LogP contribution in [0.5, 0.6) is 0 Å². The monoisotopic (exact) mass is 250 g/mol. The molecule has 0 aromatic heterocycles. The molecular formula is C15H23FN2. The van der Waals surface area contributed by atoms with Crippen LogP contribution in [0.2, 0.25) is 0 Å². The van der Waals surface area contributed by atoms with Gasteiger partial charge in [-0.25, -0.2) is 4.39 Å². The molecule has 18 heavy (non-hydrogen) atoms. The van der Waals surface area contributed by atoms with E-state index >= 15 is 0 Å². The topological polar surface area (TPSA) is 15.3 Å². The number of rotatable bonds is 6. The van der Waals surface area contributed by atoms with Gasteiger partial charge in [0.25, 0.3) is 0 Å². The van der Waals surface area contributed by atoms with Gasteiger partial charge in [0.1, 0.15) is 5.82 Å². The standard InChI is InChI=1S/C15H23FN2/c1-11(18(3)15-7-8-15)10-17-12(2)13-5-4-6-14(16)9-13/h4-6,9,11-12,15,17H,7-8,10H2,1-3H3. The van der Waals surface area contributed by atoms with E-state index < -0.39 is 0 Å². The summed E-state index contributed by atoms with van der Waals surface area (Å²) in [6.07, 6.45) is 2.67. The smallest absolute Gasteiger partial charge is 0.123 e. The minimum Gasteiger partial charge on any atom is -0.309 e. The molecule has 2 atom stereocenters. The van der Waals surface area contributed by atoms with Crippen LogP contribution in [0, 0.1) is 5.82 Å². The normalized spacial score (nSPS) is 18.9. The van der Waals surface area contributed by atoms with Gasteiger partial charge in [-0.05, 0) is 51.4 Å². The highest BCUT2D eigenvalue weighted by molar-refractivity contribution is 5.19. The highest BCUT2D eigenvalue weighted by Crippen LogP contribution is 2.26. The second kappa shape index (κ2) is 5.81. The molecule has 0 radical (unpaired) electrons. The van der Waals surface area contributed by atoms with E-state index in [1.165, 1.54) is 18.9 Å². The molecule has 0 heterocycles. The Morgan fingerprint density at radius 2 is 2.11 bits per heavy atom. The fraction of sp³-hybridized carbons (Fsp3) is 0.600. The van der Waals surface area contributed by atoms with E-state index in [2.05, 4.69) is 31.1 Å². The predicted octanol–water partition coefficient (Wildman–Crippen LogP) is 2.96. The molecule has 2 nitrogen and oxygen atoms in total. The van der Waals surface area contributed by atoms with Crippen molar-refractivity contribution in [1.82, 2.24) is 10.2 Å². The first kappa shape index (κ1) is 13.5. The van der Waals surface area contributed by atoms with E-state index in [0.717, 1.165) is 18.2 Å². The number of halogens is 1. The highest BCUT2D eigenvalue weighted by Gasteiger charge is 2.28. The van der Waals surface area contributed by atoms with Gasteiger partial charge in [-0.15, -0.1) is 0 Å². The third-order valence-electron chi connectivity index (χ3n) is 3.89. The summed E-state index contributed by atoms with van der Waals surface area (Å²) in [6.45, 7) is 5.26. The maximum atomic E-state index is 13.1. The first-order valence-electron chi connectivity index (χ1n) is 6.78. The third kappa shape index (κ3) is 3.53. The van der Waals surface area contributed by atoms with Crippen LogP contribution in [-0.2, 0) is 0 Å². The van der Waals surface area contributed by atoms with Crippen LogP contribution in [-0.4, -0.2) is 30.6 Å². The zero-order valence-electron chi connectivity index (χ0n) is 11.5. The summed E-state index contributed by atoms with van der Waals surface area (Å²) in [5, 5.41) is 3.48. The van der Waals surface area contributed by atoms with Crippen molar-refractivity contribution in [3.05, 3.63) is 35.6 Å². The van der Waals surface area contributed by atoms with Crippen LogP contribution in [0.15, 0.2) is 24.3 Å². The van der Waals surface area contributed by atoms with Gasteiger partial charge in [-0.1, -0.05) is 12.1 Å². The van der Waals surface area contributed by atoms with Crippen LogP contribution in [0.25, 0.3) is 0 Å². The van der Waals surface area contributed by atoms with Crippen LogP contribution in [0.3, 0.4) is 0 Å². The molecular weight excluding hydrogens is 227 g/mol. The Kier molecular flexibility index (Phi) is 4.36. The Labute approximate surface area is 109 Å². The van der Waals surface area contributed by atoms with Crippen molar-refractivity contribution in [2.45, 2.75) is 44.8 Å². The van der Waals surface area contributed by atoms with Gasteiger partial charge >= 0.3 is 0 Å². The largest absolute Gasteiger partial charge is 0.309 e. The fourth-order valence-corrected chi connectivity index (χ4v) is 2.23. The maximum absolute atomic E-state index is 13.1. The summed E-state index contributed by atoms with van der Waals surface area (Å²) in [5.74, 6) is -0.163. The lowest BCUT2D eigenvalue weighted by Crippen LogP contribution is -2.39. The zero-order chi connectivity index (χ0) is 13.1. The number of hydrogen-bond acceptors (Lipinski definition) is 2. The Balaban J connectivity index is 1.82. The Morgan fingerprint density at radius 3 is 2.72 bits per heavy atom. The van der Waals surface area contributed by atoms with Crippen molar-refractivity contribution in [2.75, 3.05) is 13.6 Å². The van der Waals surface area contributed by atoms with Crippen molar-refractivity contribution in [3.63, 3.8) is 0 Å². The molecule has 1 aliphatic carbocycles. The Morgan fingerprint density at radius 1 is 1.39 bits per heavy atom. The summed E-state index contributed by atoms with van der Waals surface area (Å²) in [5.41, 5.74) is 1.01. The number of benzene rings is 1. The molecule has 1 aromatic carbocycles. The van der Waals surface area contributed by atoms with Crippen LogP contribution in [0.1, 0.15) is 38.3 Å². The molecule has 1 N–H and O–H groups in total. The van der Waals surface area contributed by atoms with E-state index in [4.69, 9.17) is 0 Å². The average Bonchev–Trinajstić information content (AvgIpc) is 3.18. The molecule has 1 aromatic rings. The van der Waals surface area contributed by atoms with Gasteiger partial charge in [0, 0.05) is 24.7 Å². The molecule has 2 unspecified atom stereocenters. The molecule has 100 valence electrons. The van der Waals surface area contributed by atoms with E-state index in [1.807, 2.05) is 6.07 Å². The van der Waals surface area contributed by atoms with Crippen molar-refractivity contribution < 1.29 is 4.39 Å². The number of nitrogens with zero attached hydrogens (tertiary/aromatic N) is 1. The van der Waals surface area contributed by atoms with Gasteiger partial charge in [0.05, 0.1) is 0 Å². The van der Waals surface area contributed by atoms with Gasteiger partial charge in [-0.2, -0.15) is 0 Å². The molecule has 2 rings (SSSR count). The molecule has 0 bridgehead atoms. The molecule has 0 saturated heterocycles. The molecule has 0 spiro atoms. The van der Waals surface area contributed by atoms with Crippen molar-refractivity contribution in [2.24, 2.45) is 0 Å². The number of likely N-dealkylation sites (N-methyl/N-ethyl adjacent to an activating group) is 1. The second-order valence-electron chi connectivity index (χ2n) is 5.43. The van der Waals surface area contributed by atoms with Crippen LogP contribution in [0.4, 0.5) is 4.39 Å². The SMILES string of the molecule is CC(NCC(C)N(C)C1CC1)c1cccc(F)c1. The van der Waals surface area contributed by atoms with E-state index in [-0.39, 0.29) is 11.9 Å². The summed E-state index contributed by atoms with van der Waals surface area (Å²) < 4.78 is 13.1. The molecule has 3 heteroatoms. The lowest BCUT2D eigenvalue weighted by atomic mass is 10.1. The molecule has 1 fully saturated rings. The summed E-state index contributed by atoms with van der Waals surface area (Å²) in [7, 11) is 2.19. The molecule has 0 aliphatic heterocycles. The quantitative estimate of drug-likeness (QED) is 0.835. The third-order valence-corrected chi connectivity index (χ3v) is 3.89. The highest BCUT2D eigenvalue weighted by atomic mass is 19.1. The van der Waals surface area contributed by atoms with E-state index in [1.54, 1.807) is 12.1 Å². The molecule has 0 amide bonds. The van der Waals surface area contributed by atoms with Crippen LogP contribution < -0.4 is 5.32 Å². The second-order valence-corrected chi connectivity index (χ2v) is 5.43. The lowest BCUT2D eigenvalue weighted by Gasteiger charge is -2.26. The van der Waals surface area contributed by atoms with Crippen molar-refractivity contribution in [3.8, 4) is 0 Å². The van der Waals surface area contributed by atoms with E-state index in [0.29, 0.717) is 6.04 Å². The number of hydrogen-bond donors (Lipinski definition) is 1. The summed E-state index contributed by atoms with van der Waals surface area (Å²) in [6, 6.07) is 8.32. The van der Waals surface area contributed by atoms with Gasteiger partial charge in [-0.3, -0.25) is 4.90 Å². The zero-order valence-corrected chi connectivity index (χ0v) is 11.5. The molecule has 1 aliphatic rings.